The Hall–Kier alpha value is -3.03. The van der Waals surface area contributed by atoms with E-state index < -0.39 is 6.04 Å². The molecule has 31 heavy (non-hydrogen) atoms. The smallest absolute Gasteiger partial charge is 0.247 e. The van der Waals surface area contributed by atoms with E-state index in [1.807, 2.05) is 53.9 Å². The zero-order chi connectivity index (χ0) is 21.5. The molecule has 160 valence electrons. The molecule has 0 bridgehead atoms. The maximum Gasteiger partial charge on any atom is 0.247 e. The van der Waals surface area contributed by atoms with Crippen LogP contribution in [0.2, 0.25) is 0 Å². The molecule has 7 heteroatoms. The summed E-state index contributed by atoms with van der Waals surface area (Å²) in [6.07, 6.45) is 5.48. The first-order chi connectivity index (χ1) is 15.2. The Kier molecular flexibility index (Phi) is 7.07. The van der Waals surface area contributed by atoms with Crippen molar-refractivity contribution >= 4 is 28.8 Å². The van der Waals surface area contributed by atoms with Crippen molar-refractivity contribution in [3.05, 3.63) is 82.8 Å². The number of pyridine rings is 1. The number of rotatable bonds is 8. The number of nitrogens with zero attached hydrogens (tertiary/aromatic N) is 2. The molecule has 0 aliphatic carbocycles. The third kappa shape index (κ3) is 5.37. The average Bonchev–Trinajstić information content (AvgIpc) is 3.51. The van der Waals surface area contributed by atoms with Crippen LogP contribution in [0.1, 0.15) is 29.3 Å². The number of ether oxygens (including phenoxy) is 1. The molecule has 3 aromatic rings. The minimum absolute atomic E-state index is 0.0190. The molecule has 0 unspecified atom stereocenters. The predicted molar refractivity (Wildman–Crippen MR) is 121 cm³/mol. The van der Waals surface area contributed by atoms with Crippen molar-refractivity contribution in [3.63, 3.8) is 0 Å². The van der Waals surface area contributed by atoms with Crippen molar-refractivity contribution in [3.8, 4) is 0 Å². The highest BCUT2D eigenvalue weighted by Crippen LogP contribution is 2.29. The molecule has 1 aliphatic rings. The van der Waals surface area contributed by atoms with E-state index in [1.54, 1.807) is 23.4 Å². The van der Waals surface area contributed by atoms with Crippen molar-refractivity contribution in [1.82, 2.24) is 10.3 Å². The molecule has 1 aromatic carbocycles. The van der Waals surface area contributed by atoms with Gasteiger partial charge in [0.2, 0.25) is 11.8 Å². The normalized spacial score (nSPS) is 16.6. The summed E-state index contributed by atoms with van der Waals surface area (Å²) in [6, 6.07) is 16.0. The lowest BCUT2D eigenvalue weighted by atomic mass is 10.0. The second kappa shape index (κ2) is 10.3. The van der Waals surface area contributed by atoms with E-state index in [2.05, 4.69) is 10.3 Å². The topological polar surface area (TPSA) is 71.5 Å². The molecule has 0 spiro atoms. The predicted octanol–water partition coefficient (Wildman–Crippen LogP) is 3.76. The summed E-state index contributed by atoms with van der Waals surface area (Å²) in [5.41, 5.74) is 1.33. The first kappa shape index (κ1) is 21.2. The van der Waals surface area contributed by atoms with Crippen molar-refractivity contribution in [2.45, 2.75) is 31.4 Å². The highest BCUT2D eigenvalue weighted by molar-refractivity contribution is 7.10. The molecular formula is C24H25N3O3S. The minimum Gasteiger partial charge on any atom is -0.376 e. The second-order valence-electron chi connectivity index (χ2n) is 7.42. The van der Waals surface area contributed by atoms with Crippen molar-refractivity contribution < 1.29 is 14.3 Å². The number of para-hydroxylation sites is 1. The largest absolute Gasteiger partial charge is 0.376 e. The van der Waals surface area contributed by atoms with Crippen LogP contribution in [-0.2, 0) is 20.7 Å². The van der Waals surface area contributed by atoms with Gasteiger partial charge in [0.1, 0.15) is 6.04 Å². The Balaban J connectivity index is 1.66. The third-order valence-electron chi connectivity index (χ3n) is 5.24. The highest BCUT2D eigenvalue weighted by atomic mass is 32.1. The van der Waals surface area contributed by atoms with Crippen LogP contribution in [0.15, 0.2) is 72.4 Å². The SMILES string of the molecule is O=C(NC[C@H]1CCCO1)[C@@H](c1cccnc1)N(C(=O)Cc1cccs1)c1ccccc1. The molecule has 2 atom stereocenters. The van der Waals surface area contributed by atoms with E-state index in [-0.39, 0.29) is 24.3 Å². The van der Waals surface area contributed by atoms with Gasteiger partial charge < -0.3 is 10.1 Å². The van der Waals surface area contributed by atoms with E-state index >= 15 is 0 Å². The minimum atomic E-state index is -0.829. The Bertz CT molecular complexity index is 974. The first-order valence-corrected chi connectivity index (χ1v) is 11.3. The second-order valence-corrected chi connectivity index (χ2v) is 8.46. The summed E-state index contributed by atoms with van der Waals surface area (Å²) >= 11 is 1.53. The van der Waals surface area contributed by atoms with Crippen LogP contribution >= 0.6 is 11.3 Å². The number of aromatic nitrogens is 1. The van der Waals surface area contributed by atoms with Gasteiger partial charge in [-0.2, -0.15) is 0 Å². The number of anilines is 1. The number of thiophene rings is 1. The molecule has 1 N–H and O–H groups in total. The van der Waals surface area contributed by atoms with Gasteiger partial charge in [0.25, 0.3) is 0 Å². The van der Waals surface area contributed by atoms with Gasteiger partial charge in [-0.05, 0) is 42.5 Å². The van der Waals surface area contributed by atoms with E-state index in [9.17, 15) is 9.59 Å². The molecule has 0 radical (unpaired) electrons. The van der Waals surface area contributed by atoms with Crippen LogP contribution in [-0.4, -0.2) is 36.1 Å². The number of carbonyl (C=O) groups is 2. The van der Waals surface area contributed by atoms with E-state index in [0.29, 0.717) is 17.8 Å². The van der Waals surface area contributed by atoms with E-state index in [0.717, 1.165) is 24.3 Å². The molecular weight excluding hydrogens is 410 g/mol. The number of hydrogen-bond acceptors (Lipinski definition) is 5. The van der Waals surface area contributed by atoms with Crippen LogP contribution in [0.3, 0.4) is 0 Å². The fraction of sp³-hybridized carbons (Fsp3) is 0.292. The zero-order valence-electron chi connectivity index (χ0n) is 17.1. The molecule has 2 aromatic heterocycles. The Morgan fingerprint density at radius 1 is 1.16 bits per heavy atom. The molecule has 6 nitrogen and oxygen atoms in total. The zero-order valence-corrected chi connectivity index (χ0v) is 18.0. The lowest BCUT2D eigenvalue weighted by Gasteiger charge is -2.31. The molecule has 2 amide bonds. The number of amides is 2. The fourth-order valence-corrected chi connectivity index (χ4v) is 4.44. The number of nitrogens with one attached hydrogen (secondary N) is 1. The number of carbonyl (C=O) groups excluding carboxylic acids is 2. The molecule has 4 rings (SSSR count). The quantitative estimate of drug-likeness (QED) is 0.585. The van der Waals surface area contributed by atoms with Crippen molar-refractivity contribution in [2.75, 3.05) is 18.1 Å². The average molecular weight is 436 g/mol. The number of benzene rings is 1. The lowest BCUT2D eigenvalue weighted by molar-refractivity contribution is -0.126. The molecule has 3 heterocycles. The van der Waals surface area contributed by atoms with Gasteiger partial charge in [-0.1, -0.05) is 30.3 Å². The Morgan fingerprint density at radius 2 is 2.03 bits per heavy atom. The maximum absolute atomic E-state index is 13.5. The van der Waals surface area contributed by atoms with Gasteiger partial charge >= 0.3 is 0 Å². The highest BCUT2D eigenvalue weighted by Gasteiger charge is 2.33. The summed E-state index contributed by atoms with van der Waals surface area (Å²) in [7, 11) is 0. The maximum atomic E-state index is 13.5. The molecule has 0 saturated carbocycles. The van der Waals surface area contributed by atoms with Crippen LogP contribution in [0.4, 0.5) is 5.69 Å². The summed E-state index contributed by atoms with van der Waals surface area (Å²) in [5, 5.41) is 4.95. The summed E-state index contributed by atoms with van der Waals surface area (Å²) in [5.74, 6) is -0.387. The standard InChI is InChI=1S/C24H25N3O3S/c28-22(15-21-11-6-14-31-21)27(19-8-2-1-3-9-19)23(18-7-4-12-25-16-18)24(29)26-17-20-10-5-13-30-20/h1-4,6-9,11-12,14,16,20,23H,5,10,13,15,17H2,(H,26,29)/t20-,23-/m1/s1. The number of hydrogen-bond donors (Lipinski definition) is 1. The van der Waals surface area contributed by atoms with Crippen LogP contribution < -0.4 is 10.2 Å². The van der Waals surface area contributed by atoms with Gasteiger partial charge in [0.15, 0.2) is 0 Å². The van der Waals surface area contributed by atoms with Gasteiger partial charge in [-0.25, -0.2) is 0 Å². The van der Waals surface area contributed by atoms with Crippen molar-refractivity contribution in [2.24, 2.45) is 0 Å². The van der Waals surface area contributed by atoms with E-state index in [4.69, 9.17) is 4.74 Å². The summed E-state index contributed by atoms with van der Waals surface area (Å²) in [6.45, 7) is 1.15. The van der Waals surface area contributed by atoms with Crippen molar-refractivity contribution in [1.29, 1.82) is 0 Å². The Morgan fingerprint density at radius 3 is 2.71 bits per heavy atom. The lowest BCUT2D eigenvalue weighted by Crippen LogP contribution is -2.46. The molecule has 1 aliphatic heterocycles. The monoisotopic (exact) mass is 435 g/mol. The van der Waals surface area contributed by atoms with Crippen LogP contribution in [0.25, 0.3) is 0 Å². The van der Waals surface area contributed by atoms with E-state index in [1.165, 1.54) is 11.3 Å². The van der Waals surface area contributed by atoms with Gasteiger partial charge in [0.05, 0.1) is 12.5 Å². The molecule has 1 saturated heterocycles. The summed E-state index contributed by atoms with van der Waals surface area (Å²) in [4.78, 5) is 33.7. The van der Waals surface area contributed by atoms with Gasteiger partial charge in [-0.15, -0.1) is 11.3 Å². The van der Waals surface area contributed by atoms with Crippen LogP contribution in [0, 0.1) is 0 Å². The van der Waals surface area contributed by atoms with Gasteiger partial charge in [0, 0.05) is 41.7 Å². The van der Waals surface area contributed by atoms with Crippen LogP contribution in [0.5, 0.6) is 0 Å². The first-order valence-electron chi connectivity index (χ1n) is 10.4. The fourth-order valence-electron chi connectivity index (χ4n) is 3.74. The third-order valence-corrected chi connectivity index (χ3v) is 6.12. The Labute approximate surface area is 185 Å². The van der Waals surface area contributed by atoms with Gasteiger partial charge in [-0.3, -0.25) is 19.5 Å². The summed E-state index contributed by atoms with van der Waals surface area (Å²) < 4.78 is 5.65. The molecule has 1 fully saturated rings.